The van der Waals surface area contributed by atoms with E-state index in [0.29, 0.717) is 35.4 Å². The van der Waals surface area contributed by atoms with Crippen LogP contribution in [0.1, 0.15) is 36.3 Å². The van der Waals surface area contributed by atoms with Gasteiger partial charge in [-0.05, 0) is 37.5 Å². The molecule has 1 heterocycles. The number of ketones is 1. The highest BCUT2D eigenvalue weighted by Crippen LogP contribution is 2.44. The van der Waals surface area contributed by atoms with Crippen molar-refractivity contribution in [2.24, 2.45) is 0 Å². The van der Waals surface area contributed by atoms with Gasteiger partial charge in [0.25, 0.3) is 0 Å². The van der Waals surface area contributed by atoms with Gasteiger partial charge in [0.05, 0.1) is 28.3 Å². The molecule has 0 saturated carbocycles. The number of benzene rings is 2. The third-order valence-electron chi connectivity index (χ3n) is 5.65. The molecule has 1 aliphatic heterocycles. The second kappa shape index (κ2) is 9.41. The van der Waals surface area contributed by atoms with Crippen molar-refractivity contribution in [2.75, 3.05) is 11.1 Å². The first-order chi connectivity index (χ1) is 15.5. The molecule has 5 nitrogen and oxygen atoms in total. The predicted molar refractivity (Wildman–Crippen MR) is 123 cm³/mol. The number of carbonyl (C=O) groups is 2. The number of thioether (sulfide) groups is 1. The van der Waals surface area contributed by atoms with Gasteiger partial charge in [-0.2, -0.15) is 5.26 Å². The van der Waals surface area contributed by atoms with Crippen molar-refractivity contribution < 1.29 is 14.0 Å². The summed E-state index contributed by atoms with van der Waals surface area (Å²) in [6.45, 7) is 1.91. The Hall–Kier alpha value is -3.37. The molecule has 0 bridgehead atoms. The van der Waals surface area contributed by atoms with Crippen LogP contribution in [0.25, 0.3) is 0 Å². The number of nitriles is 1. The summed E-state index contributed by atoms with van der Waals surface area (Å²) in [5.41, 5.74) is 3.43. The minimum Gasteiger partial charge on any atom is -0.352 e. The van der Waals surface area contributed by atoms with Gasteiger partial charge in [-0.15, -0.1) is 0 Å². The Morgan fingerprint density at radius 2 is 1.97 bits per heavy atom. The van der Waals surface area contributed by atoms with Crippen LogP contribution in [0.5, 0.6) is 0 Å². The topological polar surface area (TPSA) is 82.0 Å². The molecule has 162 valence electrons. The quantitative estimate of drug-likeness (QED) is 0.679. The maximum Gasteiger partial charge on any atom is 0.234 e. The van der Waals surface area contributed by atoms with Gasteiger partial charge in [-0.1, -0.05) is 48.2 Å². The normalized spacial score (nSPS) is 18.0. The molecule has 2 N–H and O–H groups in total. The minimum atomic E-state index is -0.771. The van der Waals surface area contributed by atoms with Crippen molar-refractivity contribution in [3.05, 3.63) is 87.3 Å². The lowest BCUT2D eigenvalue weighted by Crippen LogP contribution is -2.32. The smallest absolute Gasteiger partial charge is 0.234 e. The Morgan fingerprint density at radius 1 is 1.22 bits per heavy atom. The van der Waals surface area contributed by atoms with E-state index >= 15 is 0 Å². The van der Waals surface area contributed by atoms with E-state index in [2.05, 4.69) is 16.7 Å². The van der Waals surface area contributed by atoms with E-state index in [4.69, 9.17) is 0 Å². The predicted octanol–water partition coefficient (Wildman–Crippen LogP) is 4.94. The molecule has 0 aromatic heterocycles. The SMILES string of the molecule is Cc1ccccc1NC(=O)CSC1=C(C#N)[C@@H](c2ccccc2F)C2=C(CCCC2=O)N1. The number of nitrogens with zero attached hydrogens (tertiary/aromatic N) is 1. The summed E-state index contributed by atoms with van der Waals surface area (Å²) in [5, 5.41) is 16.6. The van der Waals surface area contributed by atoms with Crippen molar-refractivity contribution in [2.45, 2.75) is 32.1 Å². The van der Waals surface area contributed by atoms with E-state index < -0.39 is 11.7 Å². The Bertz CT molecular complexity index is 1200. The fourth-order valence-electron chi connectivity index (χ4n) is 4.09. The highest BCUT2D eigenvalue weighted by Gasteiger charge is 2.38. The monoisotopic (exact) mass is 447 g/mol. The summed E-state index contributed by atoms with van der Waals surface area (Å²) < 4.78 is 14.7. The van der Waals surface area contributed by atoms with Gasteiger partial charge in [0.2, 0.25) is 5.91 Å². The number of Topliss-reactive ketones (excluding diaryl/α,β-unsaturated/α-hetero) is 1. The molecule has 0 radical (unpaired) electrons. The number of hydrogen-bond acceptors (Lipinski definition) is 5. The summed E-state index contributed by atoms with van der Waals surface area (Å²) in [5.74, 6) is -1.44. The molecule has 32 heavy (non-hydrogen) atoms. The van der Waals surface area contributed by atoms with Crippen molar-refractivity contribution >= 4 is 29.1 Å². The lowest BCUT2D eigenvalue weighted by Gasteiger charge is -2.33. The zero-order valence-corrected chi connectivity index (χ0v) is 18.4. The van der Waals surface area contributed by atoms with Gasteiger partial charge in [0.15, 0.2) is 5.78 Å². The van der Waals surface area contributed by atoms with E-state index in [0.717, 1.165) is 16.9 Å². The molecular weight excluding hydrogens is 425 g/mol. The molecule has 1 atom stereocenters. The van der Waals surface area contributed by atoms with Gasteiger partial charge in [0, 0.05) is 28.9 Å². The summed E-state index contributed by atoms with van der Waals surface area (Å²) in [7, 11) is 0. The van der Waals surface area contributed by atoms with E-state index in [1.807, 2.05) is 31.2 Å². The molecule has 0 saturated heterocycles. The first-order valence-corrected chi connectivity index (χ1v) is 11.4. The molecule has 1 amide bonds. The molecular formula is C25H22FN3O2S. The number of rotatable bonds is 5. The van der Waals surface area contributed by atoms with Crippen LogP contribution in [0.15, 0.2) is 70.4 Å². The van der Waals surface area contributed by atoms with Crippen LogP contribution >= 0.6 is 11.8 Å². The molecule has 4 rings (SSSR count). The van der Waals surface area contributed by atoms with E-state index in [1.165, 1.54) is 17.8 Å². The van der Waals surface area contributed by atoms with Crippen molar-refractivity contribution in [1.29, 1.82) is 5.26 Å². The number of para-hydroxylation sites is 1. The van der Waals surface area contributed by atoms with Crippen LogP contribution < -0.4 is 10.6 Å². The maximum absolute atomic E-state index is 14.7. The van der Waals surface area contributed by atoms with Crippen LogP contribution in [0.3, 0.4) is 0 Å². The van der Waals surface area contributed by atoms with Crippen LogP contribution in [0.2, 0.25) is 0 Å². The maximum atomic E-state index is 14.7. The number of halogens is 1. The largest absolute Gasteiger partial charge is 0.352 e. The Kier molecular flexibility index (Phi) is 6.42. The molecule has 2 aromatic carbocycles. The second-order valence-corrected chi connectivity index (χ2v) is 8.74. The Morgan fingerprint density at radius 3 is 2.72 bits per heavy atom. The second-order valence-electron chi connectivity index (χ2n) is 7.75. The number of allylic oxidation sites excluding steroid dienone is 3. The Balaban J connectivity index is 1.64. The number of anilines is 1. The van der Waals surface area contributed by atoms with E-state index in [-0.39, 0.29) is 23.0 Å². The number of nitrogens with one attached hydrogen (secondary N) is 2. The molecule has 2 aliphatic rings. The average molecular weight is 448 g/mol. The highest BCUT2D eigenvalue weighted by molar-refractivity contribution is 8.03. The zero-order valence-electron chi connectivity index (χ0n) is 17.6. The lowest BCUT2D eigenvalue weighted by atomic mass is 9.76. The summed E-state index contributed by atoms with van der Waals surface area (Å²) in [6, 6.07) is 15.9. The zero-order chi connectivity index (χ0) is 22.7. The minimum absolute atomic E-state index is 0.0684. The number of dihydropyridines is 1. The van der Waals surface area contributed by atoms with Crippen molar-refractivity contribution in [3.8, 4) is 6.07 Å². The third-order valence-corrected chi connectivity index (χ3v) is 6.66. The lowest BCUT2D eigenvalue weighted by molar-refractivity contribution is -0.116. The van der Waals surface area contributed by atoms with E-state index in [1.54, 1.807) is 18.2 Å². The standard InChI is InChI=1S/C25H22FN3O2S/c1-15-7-2-5-10-19(15)28-22(31)14-32-25-17(13-27)23(16-8-3-4-9-18(16)26)24-20(29-25)11-6-12-21(24)30/h2-5,7-10,23,29H,6,11-12,14H2,1H3,(H,28,31)/t23-/m1/s1. The number of carbonyl (C=O) groups excluding carboxylic acids is 2. The van der Waals surface area contributed by atoms with Gasteiger partial charge < -0.3 is 10.6 Å². The van der Waals surface area contributed by atoms with Crippen LogP contribution in [0, 0.1) is 24.1 Å². The van der Waals surface area contributed by atoms with Crippen LogP contribution in [-0.4, -0.2) is 17.4 Å². The van der Waals surface area contributed by atoms with Crippen LogP contribution in [-0.2, 0) is 9.59 Å². The molecule has 1 aliphatic carbocycles. The van der Waals surface area contributed by atoms with Gasteiger partial charge in [-0.25, -0.2) is 4.39 Å². The Labute approximate surface area is 190 Å². The first kappa shape index (κ1) is 21.8. The first-order valence-electron chi connectivity index (χ1n) is 10.4. The van der Waals surface area contributed by atoms with Gasteiger partial charge >= 0.3 is 0 Å². The summed E-state index contributed by atoms with van der Waals surface area (Å²) in [6.07, 6.45) is 1.72. The summed E-state index contributed by atoms with van der Waals surface area (Å²) in [4.78, 5) is 25.3. The average Bonchev–Trinajstić information content (AvgIpc) is 2.79. The molecule has 7 heteroatoms. The number of amides is 1. The molecule has 0 unspecified atom stereocenters. The molecule has 2 aromatic rings. The van der Waals surface area contributed by atoms with Gasteiger partial charge in [-0.3, -0.25) is 9.59 Å². The fraction of sp³-hybridized carbons (Fsp3) is 0.240. The van der Waals surface area contributed by atoms with Crippen LogP contribution in [0.4, 0.5) is 10.1 Å². The fourth-order valence-corrected chi connectivity index (χ4v) is 4.96. The van der Waals surface area contributed by atoms with Crippen molar-refractivity contribution in [3.63, 3.8) is 0 Å². The number of aryl methyl sites for hydroxylation is 1. The molecule has 0 fully saturated rings. The third kappa shape index (κ3) is 4.32. The van der Waals surface area contributed by atoms with Gasteiger partial charge in [0.1, 0.15) is 5.82 Å². The number of hydrogen-bond donors (Lipinski definition) is 2. The summed E-state index contributed by atoms with van der Waals surface area (Å²) >= 11 is 1.19. The van der Waals surface area contributed by atoms with E-state index in [9.17, 15) is 19.2 Å². The van der Waals surface area contributed by atoms with Crippen molar-refractivity contribution in [1.82, 2.24) is 5.32 Å². The molecule has 0 spiro atoms. The highest BCUT2D eigenvalue weighted by atomic mass is 32.2.